The molecule has 7 heteroatoms. The molecule has 2 aromatic rings. The number of carbonyl (C=O) groups is 2. The van der Waals surface area contributed by atoms with Crippen molar-refractivity contribution in [2.45, 2.75) is 12.6 Å². The van der Waals surface area contributed by atoms with Crippen LogP contribution in [0.15, 0.2) is 54.1 Å². The van der Waals surface area contributed by atoms with Gasteiger partial charge in [0.2, 0.25) is 0 Å². The zero-order valence-corrected chi connectivity index (χ0v) is 14.6. The summed E-state index contributed by atoms with van der Waals surface area (Å²) in [6.07, 6.45) is -0.952. The molecule has 0 aliphatic carbocycles. The number of hydroxylamine groups is 1. The molecule has 4 rings (SSSR count). The van der Waals surface area contributed by atoms with Crippen LogP contribution in [0.4, 0.5) is 0 Å². The summed E-state index contributed by atoms with van der Waals surface area (Å²) in [5.74, 6) is -0.0629. The van der Waals surface area contributed by atoms with Crippen LogP contribution in [-0.2, 0) is 21.0 Å². The maximum absolute atomic E-state index is 12.9. The molecule has 1 saturated heterocycles. The molecule has 0 aromatic heterocycles. The van der Waals surface area contributed by atoms with E-state index in [0.29, 0.717) is 22.0 Å². The Labute approximate surface area is 154 Å². The van der Waals surface area contributed by atoms with Gasteiger partial charge < -0.3 is 4.74 Å². The molecule has 2 aromatic carbocycles. The lowest BCUT2D eigenvalue weighted by atomic mass is 10.0. The number of imide groups is 1. The number of halogens is 1. The maximum atomic E-state index is 12.9. The van der Waals surface area contributed by atoms with Crippen LogP contribution >= 0.6 is 11.6 Å². The molecule has 0 radical (unpaired) electrons. The summed E-state index contributed by atoms with van der Waals surface area (Å²) in [5, 5.41) is 0.473. The van der Waals surface area contributed by atoms with E-state index >= 15 is 0 Å². The molecule has 0 saturated carbocycles. The van der Waals surface area contributed by atoms with Gasteiger partial charge >= 0.3 is 0 Å². The minimum Gasteiger partial charge on any atom is -0.497 e. The van der Waals surface area contributed by atoms with Crippen molar-refractivity contribution in [2.75, 3.05) is 7.11 Å². The number of carbonyl (C=O) groups excluding carboxylic acids is 2. The number of benzene rings is 2. The molecule has 0 unspecified atom stereocenters. The van der Waals surface area contributed by atoms with Crippen molar-refractivity contribution < 1.29 is 19.2 Å². The Morgan fingerprint density at radius 2 is 1.88 bits per heavy atom. The second-order valence-electron chi connectivity index (χ2n) is 5.95. The third-order valence-electron chi connectivity index (χ3n) is 4.42. The third kappa shape index (κ3) is 2.64. The smallest absolute Gasteiger partial charge is 0.266 e. The minimum atomic E-state index is -0.952. The molecule has 132 valence electrons. The molecular formula is C19H15ClN2O4. The third-order valence-corrected chi connectivity index (χ3v) is 4.75. The number of likely N-dealkylation sites (tertiary alicyclic amines) is 1. The molecule has 1 fully saturated rings. The van der Waals surface area contributed by atoms with Crippen LogP contribution in [-0.4, -0.2) is 29.9 Å². The molecule has 2 aliphatic heterocycles. The first-order chi connectivity index (χ1) is 12.6. The number of nitrogens with zero attached hydrogens (tertiary/aromatic N) is 1. The minimum absolute atomic E-state index is 0.167. The highest BCUT2D eigenvalue weighted by Crippen LogP contribution is 2.36. The van der Waals surface area contributed by atoms with E-state index in [-0.39, 0.29) is 18.0 Å². The second kappa shape index (κ2) is 6.48. The Morgan fingerprint density at radius 1 is 1.15 bits per heavy atom. The van der Waals surface area contributed by atoms with Gasteiger partial charge in [0.05, 0.1) is 24.9 Å². The molecule has 1 N–H and O–H groups in total. The molecular weight excluding hydrogens is 356 g/mol. The molecule has 0 bridgehead atoms. The topological polar surface area (TPSA) is 67.9 Å². The first-order valence-electron chi connectivity index (χ1n) is 7.99. The summed E-state index contributed by atoms with van der Waals surface area (Å²) < 4.78 is 5.12. The van der Waals surface area contributed by atoms with E-state index < -0.39 is 12.0 Å². The van der Waals surface area contributed by atoms with Crippen molar-refractivity contribution >= 4 is 29.1 Å². The van der Waals surface area contributed by atoms with Gasteiger partial charge in [0.1, 0.15) is 5.75 Å². The number of hydrogen-bond donors (Lipinski definition) is 1. The number of hydrogen-bond acceptors (Lipinski definition) is 5. The number of methoxy groups -OCH3 is 1. The van der Waals surface area contributed by atoms with E-state index in [1.54, 1.807) is 43.5 Å². The Morgan fingerprint density at radius 3 is 2.58 bits per heavy atom. The van der Waals surface area contributed by atoms with Crippen molar-refractivity contribution in [3.63, 3.8) is 0 Å². The first kappa shape index (κ1) is 16.6. The number of nitrogens with one attached hydrogen (secondary N) is 1. The number of amides is 2. The molecule has 6 nitrogen and oxygen atoms in total. The molecule has 2 heterocycles. The number of rotatable bonds is 4. The normalized spacial score (nSPS) is 19.0. The van der Waals surface area contributed by atoms with Crippen LogP contribution in [0, 0.1) is 0 Å². The van der Waals surface area contributed by atoms with Gasteiger partial charge in [-0.05, 0) is 23.8 Å². The van der Waals surface area contributed by atoms with Gasteiger partial charge in [-0.2, -0.15) is 0 Å². The van der Waals surface area contributed by atoms with E-state index in [2.05, 4.69) is 5.48 Å². The van der Waals surface area contributed by atoms with E-state index in [0.717, 1.165) is 5.56 Å². The molecule has 2 aliphatic rings. The zero-order chi connectivity index (χ0) is 18.3. The van der Waals surface area contributed by atoms with Crippen molar-refractivity contribution in [2.24, 2.45) is 0 Å². The lowest BCUT2D eigenvalue weighted by Crippen LogP contribution is -2.33. The highest BCUT2D eigenvalue weighted by molar-refractivity contribution is 6.33. The second-order valence-corrected chi connectivity index (χ2v) is 6.35. The van der Waals surface area contributed by atoms with Crippen molar-refractivity contribution in [1.29, 1.82) is 0 Å². The molecule has 0 spiro atoms. The van der Waals surface area contributed by atoms with Crippen LogP contribution in [0.25, 0.3) is 5.70 Å². The summed E-state index contributed by atoms with van der Waals surface area (Å²) >= 11 is 6.22. The average molecular weight is 371 g/mol. The summed E-state index contributed by atoms with van der Waals surface area (Å²) in [6.45, 7) is 0.167. The summed E-state index contributed by atoms with van der Waals surface area (Å²) in [6, 6.07) is 14.3. The van der Waals surface area contributed by atoms with Gasteiger partial charge in [-0.25, -0.2) is 0 Å². The summed E-state index contributed by atoms with van der Waals surface area (Å²) in [4.78, 5) is 32.1. The largest absolute Gasteiger partial charge is 0.497 e. The average Bonchev–Trinajstić information content (AvgIpc) is 3.19. The molecule has 1 atom stereocenters. The van der Waals surface area contributed by atoms with Gasteiger partial charge in [0.15, 0.2) is 6.10 Å². The van der Waals surface area contributed by atoms with Crippen LogP contribution in [0.3, 0.4) is 0 Å². The van der Waals surface area contributed by atoms with Gasteiger partial charge in [-0.1, -0.05) is 41.9 Å². The predicted molar refractivity (Wildman–Crippen MR) is 94.9 cm³/mol. The Kier molecular flexibility index (Phi) is 4.14. The van der Waals surface area contributed by atoms with Gasteiger partial charge in [0.25, 0.3) is 11.8 Å². The number of ether oxygens (including phenoxy) is 1. The predicted octanol–water partition coefficient (Wildman–Crippen LogP) is 2.53. The zero-order valence-electron chi connectivity index (χ0n) is 13.9. The van der Waals surface area contributed by atoms with E-state index in [4.69, 9.17) is 21.2 Å². The molecule has 26 heavy (non-hydrogen) atoms. The van der Waals surface area contributed by atoms with Crippen molar-refractivity contribution in [3.05, 3.63) is 70.3 Å². The standard InChI is InChI=1S/C19H15ClN2O4/c1-25-12-8-6-11(7-9-12)10-22-18(23)15-16(21-26-17(15)19(22)24)13-4-2-3-5-14(13)20/h2-9,17,21H,10H2,1H3/t17-/m1/s1. The van der Waals surface area contributed by atoms with Crippen LogP contribution in [0.5, 0.6) is 5.75 Å². The highest BCUT2D eigenvalue weighted by Gasteiger charge is 2.50. The Balaban J connectivity index is 1.66. The van der Waals surface area contributed by atoms with Crippen LogP contribution < -0.4 is 10.2 Å². The summed E-state index contributed by atoms with van der Waals surface area (Å²) in [5.41, 5.74) is 4.86. The fourth-order valence-electron chi connectivity index (χ4n) is 3.07. The quantitative estimate of drug-likeness (QED) is 0.838. The Hall–Kier alpha value is -2.83. The van der Waals surface area contributed by atoms with Crippen molar-refractivity contribution in [1.82, 2.24) is 10.4 Å². The SMILES string of the molecule is COc1ccc(CN2C(=O)C3=C(c4ccccc4Cl)NO[C@H]3C2=O)cc1. The first-order valence-corrected chi connectivity index (χ1v) is 8.37. The Bertz CT molecular complexity index is 923. The highest BCUT2D eigenvalue weighted by atomic mass is 35.5. The lowest BCUT2D eigenvalue weighted by Gasteiger charge is -2.16. The summed E-state index contributed by atoms with van der Waals surface area (Å²) in [7, 11) is 1.58. The van der Waals surface area contributed by atoms with Crippen LogP contribution in [0.1, 0.15) is 11.1 Å². The van der Waals surface area contributed by atoms with Gasteiger partial charge in [-0.15, -0.1) is 0 Å². The fourth-order valence-corrected chi connectivity index (χ4v) is 3.30. The van der Waals surface area contributed by atoms with E-state index in [9.17, 15) is 9.59 Å². The van der Waals surface area contributed by atoms with E-state index in [1.807, 2.05) is 12.1 Å². The maximum Gasteiger partial charge on any atom is 0.266 e. The van der Waals surface area contributed by atoms with E-state index in [1.165, 1.54) is 4.90 Å². The lowest BCUT2D eigenvalue weighted by molar-refractivity contribution is -0.144. The van der Waals surface area contributed by atoms with Crippen LogP contribution in [0.2, 0.25) is 5.02 Å². The fraction of sp³-hybridized carbons (Fsp3) is 0.158. The van der Waals surface area contributed by atoms with Gasteiger partial charge in [0, 0.05) is 10.6 Å². The molecule has 2 amide bonds. The number of fused-ring (bicyclic) bond motifs is 1. The van der Waals surface area contributed by atoms with Gasteiger partial charge in [-0.3, -0.25) is 24.8 Å². The monoisotopic (exact) mass is 370 g/mol. The van der Waals surface area contributed by atoms with Crippen molar-refractivity contribution in [3.8, 4) is 5.75 Å².